The Morgan fingerprint density at radius 3 is 2.43 bits per heavy atom. The van der Waals surface area contributed by atoms with E-state index in [1.165, 1.54) is 0 Å². The Hall–Kier alpha value is -2.39. The second kappa shape index (κ2) is 5.54. The van der Waals surface area contributed by atoms with Gasteiger partial charge in [0.25, 0.3) is 5.89 Å². The number of nitrogens with zero attached hydrogens (tertiary/aromatic N) is 3. The van der Waals surface area contributed by atoms with Crippen molar-refractivity contribution < 1.29 is 9.26 Å². The van der Waals surface area contributed by atoms with Crippen molar-refractivity contribution in [2.75, 3.05) is 0 Å². The van der Waals surface area contributed by atoms with Crippen molar-refractivity contribution in [3.63, 3.8) is 0 Å². The summed E-state index contributed by atoms with van der Waals surface area (Å²) in [5.74, 6) is 1.53. The summed E-state index contributed by atoms with van der Waals surface area (Å²) in [6, 6.07) is 5.68. The number of nitriles is 1. The molecule has 1 heterocycles. The summed E-state index contributed by atoms with van der Waals surface area (Å²) < 4.78 is 10.9. The molecular weight excluding hydrogens is 268 g/mol. The lowest BCUT2D eigenvalue weighted by molar-refractivity contribution is 0.239. The average Bonchev–Trinajstić information content (AvgIpc) is 2.86. The van der Waals surface area contributed by atoms with Gasteiger partial charge in [-0.2, -0.15) is 10.2 Å². The van der Waals surface area contributed by atoms with Gasteiger partial charge in [0.05, 0.1) is 17.2 Å². The Morgan fingerprint density at radius 2 is 1.95 bits per heavy atom. The molecular formula is C15H18N4O2. The zero-order valence-corrected chi connectivity index (χ0v) is 12.6. The van der Waals surface area contributed by atoms with Crippen LogP contribution in [0.15, 0.2) is 16.7 Å². The van der Waals surface area contributed by atoms with Crippen LogP contribution in [0.25, 0.3) is 0 Å². The van der Waals surface area contributed by atoms with E-state index >= 15 is 0 Å². The van der Waals surface area contributed by atoms with Crippen LogP contribution in [0.2, 0.25) is 0 Å². The molecule has 0 fully saturated rings. The molecule has 0 aliphatic carbocycles. The highest BCUT2D eigenvalue weighted by Crippen LogP contribution is 2.25. The van der Waals surface area contributed by atoms with Crippen LogP contribution in [0.4, 0.5) is 0 Å². The average molecular weight is 286 g/mol. The summed E-state index contributed by atoms with van der Waals surface area (Å²) in [6.45, 7) is 7.56. The van der Waals surface area contributed by atoms with Crippen LogP contribution >= 0.6 is 0 Å². The molecule has 2 rings (SSSR count). The number of ether oxygens (including phenoxy) is 1. The lowest BCUT2D eigenvalue weighted by Crippen LogP contribution is -2.30. The van der Waals surface area contributed by atoms with E-state index in [2.05, 4.69) is 16.2 Å². The third-order valence-corrected chi connectivity index (χ3v) is 2.97. The number of nitrogens with two attached hydrogens (primary N) is 1. The fourth-order valence-electron chi connectivity index (χ4n) is 1.95. The van der Waals surface area contributed by atoms with Gasteiger partial charge in [-0.1, -0.05) is 5.16 Å². The minimum atomic E-state index is -0.651. The molecule has 0 aliphatic rings. The van der Waals surface area contributed by atoms with Gasteiger partial charge in [0.15, 0.2) is 12.4 Å². The van der Waals surface area contributed by atoms with Crippen molar-refractivity contribution in [1.29, 1.82) is 5.26 Å². The quantitative estimate of drug-likeness (QED) is 0.926. The maximum absolute atomic E-state index is 8.93. The van der Waals surface area contributed by atoms with E-state index < -0.39 is 5.54 Å². The molecule has 0 unspecified atom stereocenters. The zero-order chi connectivity index (χ0) is 15.6. The van der Waals surface area contributed by atoms with E-state index in [9.17, 15) is 0 Å². The van der Waals surface area contributed by atoms with E-state index in [1.54, 1.807) is 26.0 Å². The second-order valence-corrected chi connectivity index (χ2v) is 5.57. The number of hydrogen-bond acceptors (Lipinski definition) is 6. The Bertz CT molecular complexity index is 669. The second-order valence-electron chi connectivity index (χ2n) is 5.57. The van der Waals surface area contributed by atoms with E-state index in [0.717, 1.165) is 16.9 Å². The van der Waals surface area contributed by atoms with Crippen molar-refractivity contribution in [2.24, 2.45) is 5.73 Å². The Balaban J connectivity index is 2.14. The molecule has 110 valence electrons. The fourth-order valence-corrected chi connectivity index (χ4v) is 1.95. The van der Waals surface area contributed by atoms with Crippen LogP contribution in [0.1, 0.15) is 42.3 Å². The lowest BCUT2D eigenvalue weighted by atomic mass is 10.1. The predicted molar refractivity (Wildman–Crippen MR) is 76.5 cm³/mol. The lowest BCUT2D eigenvalue weighted by Gasteiger charge is -2.12. The molecule has 21 heavy (non-hydrogen) atoms. The summed E-state index contributed by atoms with van der Waals surface area (Å²) in [6.07, 6.45) is 0. The maximum atomic E-state index is 8.93. The van der Waals surface area contributed by atoms with Gasteiger partial charge in [0, 0.05) is 0 Å². The Kier molecular flexibility index (Phi) is 3.96. The van der Waals surface area contributed by atoms with Gasteiger partial charge in [-0.05, 0) is 51.0 Å². The summed E-state index contributed by atoms with van der Waals surface area (Å²) in [7, 11) is 0. The third-order valence-electron chi connectivity index (χ3n) is 2.97. The number of aryl methyl sites for hydroxylation is 2. The molecule has 2 aromatic rings. The van der Waals surface area contributed by atoms with Gasteiger partial charge in [0.2, 0.25) is 0 Å². The first-order valence-corrected chi connectivity index (χ1v) is 6.57. The smallest absolute Gasteiger partial charge is 0.264 e. The Labute approximate surface area is 123 Å². The molecule has 0 radical (unpaired) electrons. The summed E-state index contributed by atoms with van der Waals surface area (Å²) >= 11 is 0. The van der Waals surface area contributed by atoms with E-state index in [-0.39, 0.29) is 6.61 Å². The van der Waals surface area contributed by atoms with Crippen LogP contribution in [0.5, 0.6) is 5.75 Å². The van der Waals surface area contributed by atoms with Crippen molar-refractivity contribution in [2.45, 2.75) is 39.8 Å². The minimum Gasteiger partial charge on any atom is -0.483 e. The normalized spacial score (nSPS) is 11.2. The summed E-state index contributed by atoms with van der Waals surface area (Å²) in [5, 5.41) is 12.8. The van der Waals surface area contributed by atoms with Crippen LogP contribution in [0.3, 0.4) is 0 Å². The first kappa shape index (κ1) is 15.0. The van der Waals surface area contributed by atoms with Crippen molar-refractivity contribution in [1.82, 2.24) is 10.1 Å². The largest absolute Gasteiger partial charge is 0.483 e. The Morgan fingerprint density at radius 1 is 1.33 bits per heavy atom. The fraction of sp³-hybridized carbons (Fsp3) is 0.400. The number of benzene rings is 1. The highest BCUT2D eigenvalue weighted by atomic mass is 16.5. The minimum absolute atomic E-state index is 0.163. The van der Waals surface area contributed by atoms with E-state index in [4.69, 9.17) is 20.3 Å². The predicted octanol–water partition coefficient (Wildman–Crippen LogP) is 2.33. The molecule has 1 aromatic heterocycles. The molecule has 0 bridgehead atoms. The molecule has 0 saturated carbocycles. The summed E-state index contributed by atoms with van der Waals surface area (Å²) in [4.78, 5) is 4.21. The molecule has 0 atom stereocenters. The van der Waals surface area contributed by atoms with Gasteiger partial charge >= 0.3 is 0 Å². The van der Waals surface area contributed by atoms with Gasteiger partial charge < -0.3 is 15.0 Å². The molecule has 6 heteroatoms. The molecule has 1 aromatic carbocycles. The van der Waals surface area contributed by atoms with Gasteiger partial charge in [0.1, 0.15) is 5.75 Å². The molecule has 6 nitrogen and oxygen atoms in total. The van der Waals surface area contributed by atoms with E-state index in [0.29, 0.717) is 17.3 Å². The van der Waals surface area contributed by atoms with Crippen LogP contribution < -0.4 is 10.5 Å². The molecule has 0 amide bonds. The van der Waals surface area contributed by atoms with E-state index in [1.807, 2.05) is 13.8 Å². The number of hydrogen-bond donors (Lipinski definition) is 1. The van der Waals surface area contributed by atoms with Gasteiger partial charge in [-0.25, -0.2) is 0 Å². The molecule has 2 N–H and O–H groups in total. The van der Waals surface area contributed by atoms with Crippen molar-refractivity contribution in [3.8, 4) is 11.8 Å². The molecule has 0 aliphatic heterocycles. The van der Waals surface area contributed by atoms with Gasteiger partial charge in [-0.3, -0.25) is 0 Å². The number of aromatic nitrogens is 2. The topological polar surface area (TPSA) is 98.0 Å². The highest BCUT2D eigenvalue weighted by molar-refractivity contribution is 5.47. The standard InChI is InChI=1S/C15H18N4O2/c1-9-5-11(7-16)6-10(2)13(9)20-8-12-18-14(19-21-12)15(3,4)17/h5-6H,8,17H2,1-4H3. The zero-order valence-electron chi connectivity index (χ0n) is 12.6. The summed E-state index contributed by atoms with van der Waals surface area (Å²) in [5.41, 5.74) is 7.65. The third kappa shape index (κ3) is 3.38. The molecule has 0 saturated heterocycles. The molecule has 0 spiro atoms. The van der Waals surface area contributed by atoms with Crippen molar-refractivity contribution in [3.05, 3.63) is 40.5 Å². The SMILES string of the molecule is Cc1cc(C#N)cc(C)c1OCc1nc(C(C)(C)N)no1. The first-order valence-electron chi connectivity index (χ1n) is 6.57. The van der Waals surface area contributed by atoms with Crippen molar-refractivity contribution >= 4 is 0 Å². The van der Waals surface area contributed by atoms with Crippen LogP contribution in [-0.2, 0) is 12.1 Å². The van der Waals surface area contributed by atoms with Gasteiger partial charge in [-0.15, -0.1) is 0 Å². The van der Waals surface area contributed by atoms with Crippen LogP contribution in [0, 0.1) is 25.2 Å². The first-order chi connectivity index (χ1) is 9.81. The maximum Gasteiger partial charge on any atom is 0.264 e. The number of rotatable bonds is 4. The monoisotopic (exact) mass is 286 g/mol. The highest BCUT2D eigenvalue weighted by Gasteiger charge is 2.21. The van der Waals surface area contributed by atoms with Crippen LogP contribution in [-0.4, -0.2) is 10.1 Å².